The summed E-state index contributed by atoms with van der Waals surface area (Å²) >= 11 is 5.84. The zero-order chi connectivity index (χ0) is 13.4. The number of sulfone groups is 1. The van der Waals surface area contributed by atoms with E-state index in [0.29, 0.717) is 30.6 Å². The predicted octanol–water partition coefficient (Wildman–Crippen LogP) is 2.68. The highest BCUT2D eigenvalue weighted by molar-refractivity contribution is 7.91. The van der Waals surface area contributed by atoms with E-state index in [0.717, 1.165) is 6.54 Å². The van der Waals surface area contributed by atoms with Crippen molar-refractivity contribution in [3.8, 4) is 0 Å². The van der Waals surface area contributed by atoms with Crippen molar-refractivity contribution in [1.29, 1.82) is 0 Å². The Kier molecular flexibility index (Phi) is 7.57. The standard InChI is InChI=1S/C13H26ClNO2S/c1-2-11-18(16,17)12-10-15(9-8-14)13-6-4-3-5-7-13/h13H,2-12H2,1H3. The van der Waals surface area contributed by atoms with E-state index in [1.165, 1.54) is 32.1 Å². The molecule has 18 heavy (non-hydrogen) atoms. The van der Waals surface area contributed by atoms with Crippen molar-refractivity contribution in [2.75, 3.05) is 30.5 Å². The highest BCUT2D eigenvalue weighted by Gasteiger charge is 2.22. The van der Waals surface area contributed by atoms with Crippen LogP contribution in [0.3, 0.4) is 0 Å². The zero-order valence-electron chi connectivity index (χ0n) is 11.4. The minimum absolute atomic E-state index is 0.286. The van der Waals surface area contributed by atoms with Crippen LogP contribution in [-0.4, -0.2) is 49.8 Å². The van der Waals surface area contributed by atoms with Crippen molar-refractivity contribution in [2.24, 2.45) is 0 Å². The van der Waals surface area contributed by atoms with Gasteiger partial charge in [0.15, 0.2) is 9.84 Å². The zero-order valence-corrected chi connectivity index (χ0v) is 13.0. The summed E-state index contributed by atoms with van der Waals surface area (Å²) in [6.07, 6.45) is 6.96. The van der Waals surface area contributed by atoms with Gasteiger partial charge in [0.1, 0.15) is 0 Å². The van der Waals surface area contributed by atoms with Crippen LogP contribution in [0.4, 0.5) is 0 Å². The molecule has 0 amide bonds. The Morgan fingerprint density at radius 1 is 1.11 bits per heavy atom. The van der Waals surface area contributed by atoms with Gasteiger partial charge in [-0.05, 0) is 19.3 Å². The second kappa shape index (κ2) is 8.39. The highest BCUT2D eigenvalue weighted by Crippen LogP contribution is 2.22. The lowest BCUT2D eigenvalue weighted by molar-refractivity contribution is 0.174. The Morgan fingerprint density at radius 2 is 1.78 bits per heavy atom. The van der Waals surface area contributed by atoms with Crippen LogP contribution >= 0.6 is 11.6 Å². The quantitative estimate of drug-likeness (QED) is 0.646. The molecule has 0 aromatic heterocycles. The molecule has 0 unspecified atom stereocenters. The minimum atomic E-state index is -2.87. The molecule has 1 aliphatic rings. The molecule has 0 spiro atoms. The van der Waals surface area contributed by atoms with Crippen molar-refractivity contribution in [3.63, 3.8) is 0 Å². The summed E-state index contributed by atoms with van der Waals surface area (Å²) in [4.78, 5) is 2.29. The third kappa shape index (κ3) is 5.89. The molecular weight excluding hydrogens is 270 g/mol. The first-order chi connectivity index (χ1) is 8.59. The fraction of sp³-hybridized carbons (Fsp3) is 1.00. The molecule has 0 atom stereocenters. The largest absolute Gasteiger partial charge is 0.298 e. The Hall–Kier alpha value is 0.200. The summed E-state index contributed by atoms with van der Waals surface area (Å²) in [5.41, 5.74) is 0. The molecular formula is C13H26ClNO2S. The van der Waals surface area contributed by atoms with Gasteiger partial charge in [-0.1, -0.05) is 26.2 Å². The fourth-order valence-corrected chi connectivity index (χ4v) is 4.26. The molecule has 3 nitrogen and oxygen atoms in total. The van der Waals surface area contributed by atoms with Crippen LogP contribution in [0.2, 0.25) is 0 Å². The van der Waals surface area contributed by atoms with E-state index in [4.69, 9.17) is 11.6 Å². The van der Waals surface area contributed by atoms with Gasteiger partial charge in [-0.3, -0.25) is 4.90 Å². The van der Waals surface area contributed by atoms with Crippen LogP contribution in [0, 0.1) is 0 Å². The van der Waals surface area contributed by atoms with Crippen LogP contribution in [0.25, 0.3) is 0 Å². The molecule has 1 fully saturated rings. The maximum Gasteiger partial charge on any atom is 0.151 e. The summed E-state index contributed by atoms with van der Waals surface area (Å²) in [5.74, 6) is 1.19. The molecule has 0 aliphatic heterocycles. The number of rotatable bonds is 8. The van der Waals surface area contributed by atoms with Crippen LogP contribution in [0.1, 0.15) is 45.4 Å². The molecule has 5 heteroatoms. The van der Waals surface area contributed by atoms with E-state index < -0.39 is 9.84 Å². The molecule has 1 saturated carbocycles. The first-order valence-corrected chi connectivity index (χ1v) is 9.45. The van der Waals surface area contributed by atoms with Gasteiger partial charge in [0, 0.05) is 30.8 Å². The van der Waals surface area contributed by atoms with Crippen molar-refractivity contribution in [1.82, 2.24) is 4.90 Å². The molecule has 1 aliphatic carbocycles. The van der Waals surface area contributed by atoms with Gasteiger partial charge in [-0.2, -0.15) is 0 Å². The fourth-order valence-electron chi connectivity index (χ4n) is 2.70. The normalized spacial score (nSPS) is 18.4. The lowest BCUT2D eigenvalue weighted by atomic mass is 9.94. The number of nitrogens with zero attached hydrogens (tertiary/aromatic N) is 1. The smallest absolute Gasteiger partial charge is 0.151 e. The van der Waals surface area contributed by atoms with Gasteiger partial charge in [-0.15, -0.1) is 11.6 Å². The topological polar surface area (TPSA) is 37.4 Å². The number of hydrogen-bond acceptors (Lipinski definition) is 3. The lowest BCUT2D eigenvalue weighted by Crippen LogP contribution is -2.41. The number of alkyl halides is 1. The molecule has 1 rings (SSSR count). The van der Waals surface area contributed by atoms with Gasteiger partial charge in [0.25, 0.3) is 0 Å². The Labute approximate surface area is 117 Å². The van der Waals surface area contributed by atoms with Crippen LogP contribution in [0.15, 0.2) is 0 Å². The van der Waals surface area contributed by atoms with E-state index in [1.54, 1.807) is 0 Å². The maximum atomic E-state index is 11.8. The van der Waals surface area contributed by atoms with Crippen LogP contribution < -0.4 is 0 Å². The van der Waals surface area contributed by atoms with E-state index in [9.17, 15) is 8.42 Å². The third-order valence-electron chi connectivity index (χ3n) is 3.67. The second-order valence-electron chi connectivity index (χ2n) is 5.17. The number of hydrogen-bond donors (Lipinski definition) is 0. The third-order valence-corrected chi connectivity index (χ3v) is 5.67. The van der Waals surface area contributed by atoms with Gasteiger partial charge in [-0.25, -0.2) is 8.42 Å². The Bertz CT molecular complexity index is 313. The molecule has 0 bridgehead atoms. The Morgan fingerprint density at radius 3 is 2.33 bits per heavy atom. The van der Waals surface area contributed by atoms with Crippen LogP contribution in [-0.2, 0) is 9.84 Å². The van der Waals surface area contributed by atoms with Gasteiger partial charge in [0.2, 0.25) is 0 Å². The monoisotopic (exact) mass is 295 g/mol. The minimum Gasteiger partial charge on any atom is -0.298 e. The summed E-state index contributed by atoms with van der Waals surface area (Å²) in [6, 6.07) is 0.550. The summed E-state index contributed by atoms with van der Waals surface area (Å²) < 4.78 is 23.5. The molecule has 0 saturated heterocycles. The summed E-state index contributed by atoms with van der Waals surface area (Å²) in [7, 11) is -2.87. The van der Waals surface area contributed by atoms with E-state index in [1.807, 2.05) is 6.92 Å². The first kappa shape index (κ1) is 16.3. The first-order valence-electron chi connectivity index (χ1n) is 7.09. The molecule has 108 valence electrons. The van der Waals surface area contributed by atoms with E-state index in [2.05, 4.69) is 4.90 Å². The predicted molar refractivity (Wildman–Crippen MR) is 78.1 cm³/mol. The van der Waals surface area contributed by atoms with Crippen molar-refractivity contribution in [2.45, 2.75) is 51.5 Å². The van der Waals surface area contributed by atoms with E-state index >= 15 is 0 Å². The lowest BCUT2D eigenvalue weighted by Gasteiger charge is -2.33. The molecule has 0 aromatic carbocycles. The molecule has 0 N–H and O–H groups in total. The Balaban J connectivity index is 2.46. The van der Waals surface area contributed by atoms with E-state index in [-0.39, 0.29) is 5.75 Å². The maximum absolute atomic E-state index is 11.8. The molecule has 0 aromatic rings. The summed E-state index contributed by atoms with van der Waals surface area (Å²) in [6.45, 7) is 3.38. The molecule has 0 radical (unpaired) electrons. The molecule has 0 heterocycles. The SMILES string of the molecule is CCCS(=O)(=O)CCN(CCCl)C1CCCCC1. The van der Waals surface area contributed by atoms with Crippen molar-refractivity contribution >= 4 is 21.4 Å². The average molecular weight is 296 g/mol. The highest BCUT2D eigenvalue weighted by atomic mass is 35.5. The van der Waals surface area contributed by atoms with Crippen molar-refractivity contribution in [3.05, 3.63) is 0 Å². The van der Waals surface area contributed by atoms with Crippen molar-refractivity contribution < 1.29 is 8.42 Å². The average Bonchev–Trinajstić information content (AvgIpc) is 2.35. The van der Waals surface area contributed by atoms with Gasteiger partial charge >= 0.3 is 0 Å². The van der Waals surface area contributed by atoms with Crippen LogP contribution in [0.5, 0.6) is 0 Å². The van der Waals surface area contributed by atoms with Gasteiger partial charge in [0.05, 0.1) is 5.75 Å². The number of halogens is 1. The summed E-state index contributed by atoms with van der Waals surface area (Å²) in [5, 5.41) is 0. The van der Waals surface area contributed by atoms with Gasteiger partial charge < -0.3 is 0 Å². The second-order valence-corrected chi connectivity index (χ2v) is 7.85.